The second-order valence-electron chi connectivity index (χ2n) is 10.4. The largest absolute Gasteiger partial charge is 0.493 e. The number of ether oxygens (including phenoxy) is 4. The summed E-state index contributed by atoms with van der Waals surface area (Å²) < 4.78 is 26.4. The van der Waals surface area contributed by atoms with Crippen LogP contribution in [0, 0.1) is 3.57 Å². The SMILES string of the molecule is CCOC(=O)C1=C(C)N=c2s/c(=C\c3cc(I)cc(OC)c3OCc3ccccc3Cl)c(=O)n2[C@@H]1c1ccccc1OC(C)C. The molecule has 4 aromatic rings. The Balaban J connectivity index is 1.70. The Labute approximate surface area is 283 Å². The molecule has 3 aromatic carbocycles. The number of esters is 1. The summed E-state index contributed by atoms with van der Waals surface area (Å²) in [6, 6.07) is 17.8. The van der Waals surface area contributed by atoms with Crippen LogP contribution in [0.2, 0.25) is 5.02 Å². The van der Waals surface area contributed by atoms with Crippen LogP contribution in [0.15, 0.2) is 81.7 Å². The smallest absolute Gasteiger partial charge is 0.338 e. The highest BCUT2D eigenvalue weighted by Crippen LogP contribution is 2.37. The van der Waals surface area contributed by atoms with Crippen LogP contribution >= 0.6 is 45.5 Å². The van der Waals surface area contributed by atoms with Crippen LogP contribution in [-0.4, -0.2) is 30.4 Å². The van der Waals surface area contributed by atoms with E-state index in [1.54, 1.807) is 37.7 Å². The van der Waals surface area contributed by atoms with Crippen molar-refractivity contribution in [3.8, 4) is 17.2 Å². The number of carbonyl (C=O) groups is 1. The van der Waals surface area contributed by atoms with Gasteiger partial charge in [0.25, 0.3) is 5.56 Å². The van der Waals surface area contributed by atoms with Crippen molar-refractivity contribution in [2.75, 3.05) is 13.7 Å². The van der Waals surface area contributed by atoms with Crippen LogP contribution in [0.1, 0.15) is 50.4 Å². The molecule has 234 valence electrons. The first-order chi connectivity index (χ1) is 21.6. The van der Waals surface area contributed by atoms with Crippen molar-refractivity contribution in [1.29, 1.82) is 0 Å². The van der Waals surface area contributed by atoms with Gasteiger partial charge in [-0.2, -0.15) is 0 Å². The first kappa shape index (κ1) is 32.8. The van der Waals surface area contributed by atoms with Crippen LogP contribution in [0.4, 0.5) is 0 Å². The van der Waals surface area contributed by atoms with Gasteiger partial charge in [-0.1, -0.05) is 59.3 Å². The molecule has 1 atom stereocenters. The van der Waals surface area contributed by atoms with Gasteiger partial charge in [-0.3, -0.25) is 9.36 Å². The minimum Gasteiger partial charge on any atom is -0.493 e. The average Bonchev–Trinajstić information content (AvgIpc) is 3.30. The Hall–Kier alpha value is -3.61. The molecule has 2 heterocycles. The Bertz CT molecular complexity index is 1970. The van der Waals surface area contributed by atoms with E-state index >= 15 is 0 Å². The third kappa shape index (κ3) is 6.97. The van der Waals surface area contributed by atoms with Crippen molar-refractivity contribution in [3.63, 3.8) is 0 Å². The molecule has 45 heavy (non-hydrogen) atoms. The number of aromatic nitrogens is 1. The minimum atomic E-state index is -0.807. The number of nitrogens with zero attached hydrogens (tertiary/aromatic N) is 2. The molecular formula is C34H32ClIN2O6S. The molecule has 0 aliphatic carbocycles. The van der Waals surface area contributed by atoms with E-state index in [0.29, 0.717) is 48.4 Å². The second kappa shape index (κ2) is 14.2. The number of halogens is 2. The van der Waals surface area contributed by atoms with E-state index in [4.69, 9.17) is 35.5 Å². The number of fused-ring (bicyclic) bond motifs is 1. The summed E-state index contributed by atoms with van der Waals surface area (Å²) in [5.41, 5.74) is 2.58. The molecule has 0 unspecified atom stereocenters. The predicted molar refractivity (Wildman–Crippen MR) is 184 cm³/mol. The molecule has 0 radical (unpaired) electrons. The fourth-order valence-electron chi connectivity index (χ4n) is 5.06. The molecule has 0 fully saturated rings. The quantitative estimate of drug-likeness (QED) is 0.137. The summed E-state index contributed by atoms with van der Waals surface area (Å²) in [5.74, 6) is 1.03. The van der Waals surface area contributed by atoms with E-state index in [9.17, 15) is 9.59 Å². The number of methoxy groups -OCH3 is 1. The molecule has 0 saturated heterocycles. The molecule has 0 amide bonds. The number of thiazole rings is 1. The zero-order chi connectivity index (χ0) is 32.2. The van der Waals surface area contributed by atoms with Crippen molar-refractivity contribution in [1.82, 2.24) is 4.57 Å². The number of allylic oxidation sites excluding steroid dienone is 1. The second-order valence-corrected chi connectivity index (χ2v) is 13.1. The van der Waals surface area contributed by atoms with Gasteiger partial charge in [-0.25, -0.2) is 9.79 Å². The standard InChI is InChI=1S/C34H32ClIN2O6S/c1-6-42-33(40)29-20(4)37-34-38(30(29)24-12-8-10-14-26(24)44-19(2)3)32(39)28(45-34)16-22-15-23(36)17-27(41-5)31(22)43-18-21-11-7-9-13-25(21)35/h7-17,19,30H,6,18H2,1-5H3/b28-16-/t30-/m1/s1. The van der Waals surface area contributed by atoms with Crippen LogP contribution < -0.4 is 29.1 Å². The van der Waals surface area contributed by atoms with Crippen molar-refractivity contribution >= 4 is 57.6 Å². The molecule has 8 nitrogen and oxygen atoms in total. The molecule has 5 rings (SSSR count). The van der Waals surface area contributed by atoms with Crippen molar-refractivity contribution in [2.45, 2.75) is 46.4 Å². The van der Waals surface area contributed by atoms with Crippen LogP contribution in [0.25, 0.3) is 6.08 Å². The number of hydrogen-bond acceptors (Lipinski definition) is 8. The maximum atomic E-state index is 14.3. The summed E-state index contributed by atoms with van der Waals surface area (Å²) in [6.45, 7) is 7.74. The highest BCUT2D eigenvalue weighted by atomic mass is 127. The van der Waals surface area contributed by atoms with E-state index in [2.05, 4.69) is 22.6 Å². The Morgan fingerprint density at radius 2 is 1.87 bits per heavy atom. The van der Waals surface area contributed by atoms with Gasteiger partial charge in [0.1, 0.15) is 18.4 Å². The third-order valence-corrected chi connectivity index (χ3v) is 8.95. The molecule has 0 N–H and O–H groups in total. The van der Waals surface area contributed by atoms with Gasteiger partial charge in [-0.05, 0) is 80.6 Å². The van der Waals surface area contributed by atoms with Gasteiger partial charge >= 0.3 is 5.97 Å². The molecular weight excluding hydrogens is 727 g/mol. The summed E-state index contributed by atoms with van der Waals surface area (Å²) in [5, 5.41) is 0.589. The molecule has 0 bridgehead atoms. The van der Waals surface area contributed by atoms with Crippen molar-refractivity contribution in [3.05, 3.63) is 117 Å². The lowest BCUT2D eigenvalue weighted by Crippen LogP contribution is -2.40. The fourth-order valence-corrected chi connectivity index (χ4v) is 6.91. The highest BCUT2D eigenvalue weighted by molar-refractivity contribution is 14.1. The number of carbonyl (C=O) groups excluding carboxylic acids is 1. The monoisotopic (exact) mass is 758 g/mol. The van der Waals surface area contributed by atoms with E-state index in [1.165, 1.54) is 11.3 Å². The number of hydrogen-bond donors (Lipinski definition) is 0. The lowest BCUT2D eigenvalue weighted by molar-refractivity contribution is -0.139. The van der Waals surface area contributed by atoms with E-state index in [0.717, 1.165) is 9.13 Å². The first-order valence-electron chi connectivity index (χ1n) is 14.3. The molecule has 0 spiro atoms. The molecule has 11 heteroatoms. The van der Waals surface area contributed by atoms with Gasteiger partial charge in [0.05, 0.1) is 35.6 Å². The number of para-hydroxylation sites is 1. The number of rotatable bonds is 10. The first-order valence-corrected chi connectivity index (χ1v) is 16.6. The Kier molecular flexibility index (Phi) is 10.4. The topological polar surface area (TPSA) is 88.4 Å². The molecule has 1 aliphatic heterocycles. The summed E-state index contributed by atoms with van der Waals surface area (Å²) >= 11 is 9.82. The normalized spacial score (nSPS) is 14.7. The molecule has 1 aromatic heterocycles. The van der Waals surface area contributed by atoms with Gasteiger partial charge in [0.2, 0.25) is 0 Å². The minimum absolute atomic E-state index is 0.127. The van der Waals surface area contributed by atoms with Gasteiger partial charge in [0.15, 0.2) is 16.3 Å². The van der Waals surface area contributed by atoms with Crippen molar-refractivity contribution < 1.29 is 23.7 Å². The Morgan fingerprint density at radius 3 is 2.58 bits per heavy atom. The summed E-state index contributed by atoms with van der Waals surface area (Å²) in [4.78, 5) is 32.8. The van der Waals surface area contributed by atoms with E-state index in [-0.39, 0.29) is 30.5 Å². The van der Waals surface area contributed by atoms with Crippen LogP contribution in [0.3, 0.4) is 0 Å². The van der Waals surface area contributed by atoms with Gasteiger partial charge < -0.3 is 18.9 Å². The van der Waals surface area contributed by atoms with E-state index < -0.39 is 12.0 Å². The zero-order valence-corrected chi connectivity index (χ0v) is 29.2. The maximum absolute atomic E-state index is 14.3. The fraction of sp³-hybridized carbons (Fsp3) is 0.265. The van der Waals surface area contributed by atoms with E-state index in [1.807, 2.05) is 68.4 Å². The predicted octanol–water partition coefficient (Wildman–Crippen LogP) is 6.43. The van der Waals surface area contributed by atoms with Gasteiger partial charge in [0, 0.05) is 25.3 Å². The number of benzene rings is 3. The highest BCUT2D eigenvalue weighted by Gasteiger charge is 2.35. The Morgan fingerprint density at radius 1 is 1.13 bits per heavy atom. The zero-order valence-electron chi connectivity index (χ0n) is 25.4. The molecule has 1 aliphatic rings. The summed E-state index contributed by atoms with van der Waals surface area (Å²) in [7, 11) is 1.57. The lowest BCUT2D eigenvalue weighted by Gasteiger charge is -2.26. The van der Waals surface area contributed by atoms with Crippen LogP contribution in [-0.2, 0) is 16.1 Å². The average molecular weight is 759 g/mol. The van der Waals surface area contributed by atoms with Crippen LogP contribution in [0.5, 0.6) is 17.2 Å². The summed E-state index contributed by atoms with van der Waals surface area (Å²) in [6.07, 6.45) is 1.64. The van der Waals surface area contributed by atoms with Crippen molar-refractivity contribution in [2.24, 2.45) is 4.99 Å². The maximum Gasteiger partial charge on any atom is 0.338 e. The lowest BCUT2D eigenvalue weighted by atomic mass is 9.95. The third-order valence-electron chi connectivity index (χ3n) is 6.98. The van der Waals surface area contributed by atoms with Gasteiger partial charge in [-0.15, -0.1) is 0 Å². The molecule has 0 saturated carbocycles.